The normalized spacial score (nSPS) is 18.0. The van der Waals surface area contributed by atoms with Crippen molar-refractivity contribution >= 4 is 6.03 Å². The Morgan fingerprint density at radius 1 is 1.45 bits per heavy atom. The van der Waals surface area contributed by atoms with E-state index in [0.717, 1.165) is 37.1 Å². The molecule has 22 heavy (non-hydrogen) atoms. The molecule has 0 bridgehead atoms. The fourth-order valence-electron chi connectivity index (χ4n) is 2.74. The highest BCUT2D eigenvalue weighted by molar-refractivity contribution is 5.73. The first-order valence-electron chi connectivity index (χ1n) is 7.77. The molecule has 1 aromatic heterocycles. The summed E-state index contributed by atoms with van der Waals surface area (Å²) >= 11 is 0. The summed E-state index contributed by atoms with van der Waals surface area (Å²) in [6.45, 7) is 5.31. The van der Waals surface area contributed by atoms with Crippen LogP contribution < -0.4 is 10.9 Å². The van der Waals surface area contributed by atoms with E-state index >= 15 is 0 Å². The Hall–Kier alpha value is -1.82. The van der Waals surface area contributed by atoms with Crippen LogP contribution in [0.4, 0.5) is 4.79 Å². The van der Waals surface area contributed by atoms with Crippen LogP contribution in [0.1, 0.15) is 36.1 Å². The van der Waals surface area contributed by atoms with Gasteiger partial charge in [-0.2, -0.15) is 0 Å². The van der Waals surface area contributed by atoms with Gasteiger partial charge < -0.3 is 19.9 Å². The molecule has 1 unspecified atom stereocenters. The third kappa shape index (κ3) is 4.34. The minimum absolute atomic E-state index is 0.119. The van der Waals surface area contributed by atoms with Gasteiger partial charge in [-0.1, -0.05) is 0 Å². The van der Waals surface area contributed by atoms with Crippen LogP contribution in [0.15, 0.2) is 10.9 Å². The molecule has 0 radical (unpaired) electrons. The van der Waals surface area contributed by atoms with Gasteiger partial charge in [-0.25, -0.2) is 4.79 Å². The summed E-state index contributed by atoms with van der Waals surface area (Å²) < 4.78 is 5.64. The smallest absolute Gasteiger partial charge is 0.317 e. The molecule has 1 aromatic rings. The summed E-state index contributed by atoms with van der Waals surface area (Å²) in [6.07, 6.45) is 3.36. The molecular weight excluding hydrogens is 282 g/mol. The standard InChI is InChI=1S/C16H25N3O3/c1-11-8-12(2)18-15(20)14(11)9-17-16(21)19(3)10-13-6-4-5-7-22-13/h8,13H,4-7,9-10H2,1-3H3,(H,17,21)(H,18,20). The van der Waals surface area contributed by atoms with Gasteiger partial charge in [0.15, 0.2) is 0 Å². The van der Waals surface area contributed by atoms with Crippen molar-refractivity contribution < 1.29 is 9.53 Å². The molecule has 2 heterocycles. The highest BCUT2D eigenvalue weighted by Gasteiger charge is 2.19. The molecule has 1 atom stereocenters. The van der Waals surface area contributed by atoms with Crippen LogP contribution in [-0.2, 0) is 11.3 Å². The van der Waals surface area contributed by atoms with E-state index in [0.29, 0.717) is 12.1 Å². The summed E-state index contributed by atoms with van der Waals surface area (Å²) in [5, 5.41) is 2.80. The summed E-state index contributed by atoms with van der Waals surface area (Å²) in [7, 11) is 1.75. The van der Waals surface area contributed by atoms with E-state index in [1.807, 2.05) is 19.9 Å². The number of aromatic amines is 1. The second kappa shape index (κ2) is 7.45. The highest BCUT2D eigenvalue weighted by atomic mass is 16.5. The fourth-order valence-corrected chi connectivity index (χ4v) is 2.74. The molecular formula is C16H25N3O3. The van der Waals surface area contributed by atoms with Gasteiger partial charge in [0, 0.05) is 31.5 Å². The van der Waals surface area contributed by atoms with Gasteiger partial charge >= 0.3 is 6.03 Å². The van der Waals surface area contributed by atoms with Crippen LogP contribution in [0.2, 0.25) is 0 Å². The second-order valence-electron chi connectivity index (χ2n) is 5.97. The van der Waals surface area contributed by atoms with Gasteiger partial charge in [0.05, 0.1) is 12.6 Å². The number of hydrogen-bond acceptors (Lipinski definition) is 3. The molecule has 2 amide bonds. The lowest BCUT2D eigenvalue weighted by molar-refractivity contribution is 0.00385. The predicted molar refractivity (Wildman–Crippen MR) is 85.0 cm³/mol. The molecule has 0 saturated carbocycles. The van der Waals surface area contributed by atoms with E-state index in [4.69, 9.17) is 4.74 Å². The van der Waals surface area contributed by atoms with E-state index in [1.165, 1.54) is 0 Å². The number of hydrogen-bond donors (Lipinski definition) is 2. The van der Waals surface area contributed by atoms with Gasteiger partial charge in [0.1, 0.15) is 0 Å². The number of carbonyl (C=O) groups excluding carboxylic acids is 1. The van der Waals surface area contributed by atoms with Crippen LogP contribution in [-0.4, -0.2) is 42.2 Å². The summed E-state index contributed by atoms with van der Waals surface area (Å²) in [4.78, 5) is 28.4. The maximum Gasteiger partial charge on any atom is 0.317 e. The molecule has 1 saturated heterocycles. The van der Waals surface area contributed by atoms with Crippen LogP contribution in [0, 0.1) is 13.8 Å². The van der Waals surface area contributed by atoms with Crippen LogP contribution in [0.25, 0.3) is 0 Å². The minimum atomic E-state index is -0.187. The number of likely N-dealkylation sites (N-methyl/N-ethyl adjacent to an activating group) is 1. The zero-order chi connectivity index (χ0) is 16.1. The molecule has 6 nitrogen and oxygen atoms in total. The van der Waals surface area contributed by atoms with Crippen molar-refractivity contribution in [2.75, 3.05) is 20.2 Å². The minimum Gasteiger partial charge on any atom is -0.376 e. The van der Waals surface area contributed by atoms with Crippen molar-refractivity contribution in [1.82, 2.24) is 15.2 Å². The number of amides is 2. The topological polar surface area (TPSA) is 74.4 Å². The number of nitrogens with one attached hydrogen (secondary N) is 2. The van der Waals surface area contributed by atoms with Gasteiger partial charge in [-0.3, -0.25) is 4.79 Å². The quantitative estimate of drug-likeness (QED) is 0.889. The van der Waals surface area contributed by atoms with Crippen molar-refractivity contribution in [2.45, 2.75) is 45.8 Å². The average molecular weight is 307 g/mol. The van der Waals surface area contributed by atoms with Crippen molar-refractivity contribution in [1.29, 1.82) is 0 Å². The number of aryl methyl sites for hydroxylation is 2. The number of carbonyl (C=O) groups is 1. The largest absolute Gasteiger partial charge is 0.376 e. The Kier molecular flexibility index (Phi) is 5.60. The first-order valence-corrected chi connectivity index (χ1v) is 7.77. The number of H-pyrrole nitrogens is 1. The Balaban J connectivity index is 1.88. The number of urea groups is 1. The van der Waals surface area contributed by atoms with E-state index in [1.54, 1.807) is 11.9 Å². The van der Waals surface area contributed by atoms with Crippen LogP contribution in [0.3, 0.4) is 0 Å². The van der Waals surface area contributed by atoms with E-state index in [2.05, 4.69) is 10.3 Å². The Morgan fingerprint density at radius 3 is 2.86 bits per heavy atom. The Morgan fingerprint density at radius 2 is 2.23 bits per heavy atom. The van der Waals surface area contributed by atoms with Gasteiger partial charge in [-0.05, 0) is 44.7 Å². The highest BCUT2D eigenvalue weighted by Crippen LogP contribution is 2.13. The van der Waals surface area contributed by atoms with Gasteiger partial charge in [-0.15, -0.1) is 0 Å². The van der Waals surface area contributed by atoms with E-state index in [9.17, 15) is 9.59 Å². The maximum atomic E-state index is 12.1. The first-order chi connectivity index (χ1) is 10.5. The van der Waals surface area contributed by atoms with E-state index in [-0.39, 0.29) is 24.2 Å². The molecule has 1 aliphatic heterocycles. The lowest BCUT2D eigenvalue weighted by Crippen LogP contribution is -2.43. The Labute approximate surface area is 130 Å². The van der Waals surface area contributed by atoms with Crippen molar-refractivity contribution in [3.8, 4) is 0 Å². The Bertz CT molecular complexity index is 576. The third-order valence-corrected chi connectivity index (χ3v) is 4.01. The predicted octanol–water partition coefficient (Wildman–Crippen LogP) is 1.70. The summed E-state index contributed by atoms with van der Waals surface area (Å²) in [5.41, 5.74) is 2.17. The van der Waals surface area contributed by atoms with Crippen molar-refractivity contribution in [3.63, 3.8) is 0 Å². The lowest BCUT2D eigenvalue weighted by Gasteiger charge is -2.27. The molecule has 0 aliphatic carbocycles. The zero-order valence-electron chi connectivity index (χ0n) is 13.6. The number of aromatic nitrogens is 1. The fraction of sp³-hybridized carbons (Fsp3) is 0.625. The average Bonchev–Trinajstić information content (AvgIpc) is 2.46. The second-order valence-corrected chi connectivity index (χ2v) is 5.97. The number of rotatable bonds is 4. The number of nitrogens with zero attached hydrogens (tertiary/aromatic N) is 1. The lowest BCUT2D eigenvalue weighted by atomic mass is 10.1. The SMILES string of the molecule is Cc1cc(C)c(CNC(=O)N(C)CC2CCCCO2)c(=O)[nH]1. The third-order valence-electron chi connectivity index (χ3n) is 4.01. The van der Waals surface area contributed by atoms with E-state index < -0.39 is 0 Å². The molecule has 1 aliphatic rings. The first kappa shape index (κ1) is 16.5. The van der Waals surface area contributed by atoms with Crippen LogP contribution >= 0.6 is 0 Å². The summed E-state index contributed by atoms with van der Waals surface area (Å²) in [6, 6.07) is 1.72. The molecule has 1 fully saturated rings. The monoisotopic (exact) mass is 307 g/mol. The molecule has 2 N–H and O–H groups in total. The van der Waals surface area contributed by atoms with Crippen molar-refractivity contribution in [3.05, 3.63) is 33.2 Å². The number of ether oxygens (including phenoxy) is 1. The molecule has 6 heteroatoms. The summed E-state index contributed by atoms with van der Waals surface area (Å²) in [5.74, 6) is 0. The molecule has 0 aromatic carbocycles. The van der Waals surface area contributed by atoms with Crippen molar-refractivity contribution in [2.24, 2.45) is 0 Å². The van der Waals surface area contributed by atoms with Crippen LogP contribution in [0.5, 0.6) is 0 Å². The van der Waals surface area contributed by atoms with Gasteiger partial charge in [0.25, 0.3) is 5.56 Å². The maximum absolute atomic E-state index is 12.1. The zero-order valence-corrected chi connectivity index (χ0v) is 13.6. The number of pyridine rings is 1. The van der Waals surface area contributed by atoms with Gasteiger partial charge in [0.2, 0.25) is 0 Å². The molecule has 122 valence electrons. The molecule has 0 spiro atoms. The molecule has 2 rings (SSSR count).